The highest BCUT2D eigenvalue weighted by molar-refractivity contribution is 5.90. The molecule has 0 saturated heterocycles. The Hall–Kier alpha value is -1.32. The molecule has 3 nitrogen and oxygen atoms in total. The molecule has 0 radical (unpaired) electrons. The SMILES string of the molecule is COC(=O)c1cccc(C2=CCCNC2)c1.Cl. The van der Waals surface area contributed by atoms with E-state index in [1.807, 2.05) is 18.2 Å². The van der Waals surface area contributed by atoms with Crippen LogP contribution in [0.2, 0.25) is 0 Å². The molecule has 0 unspecified atom stereocenters. The molecule has 1 aliphatic rings. The largest absolute Gasteiger partial charge is 0.465 e. The van der Waals surface area contributed by atoms with Gasteiger partial charge in [-0.3, -0.25) is 0 Å². The Labute approximate surface area is 107 Å². The fraction of sp³-hybridized carbons (Fsp3) is 0.308. The van der Waals surface area contributed by atoms with E-state index < -0.39 is 0 Å². The quantitative estimate of drug-likeness (QED) is 0.822. The van der Waals surface area contributed by atoms with Gasteiger partial charge in [-0.1, -0.05) is 18.2 Å². The van der Waals surface area contributed by atoms with Crippen LogP contribution in [0.1, 0.15) is 22.3 Å². The highest BCUT2D eigenvalue weighted by Gasteiger charge is 2.09. The number of hydrogen-bond donors (Lipinski definition) is 1. The molecular formula is C13H16ClNO2. The molecule has 92 valence electrons. The van der Waals surface area contributed by atoms with E-state index in [-0.39, 0.29) is 18.4 Å². The number of nitrogens with one attached hydrogen (secondary N) is 1. The Morgan fingerprint density at radius 2 is 2.24 bits per heavy atom. The van der Waals surface area contributed by atoms with Crippen molar-refractivity contribution in [3.63, 3.8) is 0 Å². The van der Waals surface area contributed by atoms with Crippen LogP contribution in [0.15, 0.2) is 30.3 Å². The van der Waals surface area contributed by atoms with Gasteiger partial charge in [0.2, 0.25) is 0 Å². The van der Waals surface area contributed by atoms with Gasteiger partial charge in [0.15, 0.2) is 0 Å². The highest BCUT2D eigenvalue weighted by Crippen LogP contribution is 2.18. The summed E-state index contributed by atoms with van der Waals surface area (Å²) in [5, 5.41) is 3.31. The maximum absolute atomic E-state index is 11.4. The zero-order valence-electron chi connectivity index (χ0n) is 9.73. The molecule has 1 aliphatic heterocycles. The molecular weight excluding hydrogens is 238 g/mol. The first-order chi connectivity index (χ1) is 7.81. The van der Waals surface area contributed by atoms with E-state index in [4.69, 9.17) is 4.74 Å². The van der Waals surface area contributed by atoms with Crippen LogP contribution < -0.4 is 5.32 Å². The van der Waals surface area contributed by atoms with Gasteiger partial charge in [-0.2, -0.15) is 0 Å². The third-order valence-corrected chi connectivity index (χ3v) is 2.68. The summed E-state index contributed by atoms with van der Waals surface area (Å²) in [7, 11) is 1.40. The summed E-state index contributed by atoms with van der Waals surface area (Å²) in [6, 6.07) is 7.55. The van der Waals surface area contributed by atoms with E-state index in [1.165, 1.54) is 12.7 Å². The van der Waals surface area contributed by atoms with Crippen LogP contribution in [0.5, 0.6) is 0 Å². The minimum absolute atomic E-state index is 0. The molecule has 17 heavy (non-hydrogen) atoms. The van der Waals surface area contributed by atoms with E-state index in [0.29, 0.717) is 5.56 Å². The summed E-state index contributed by atoms with van der Waals surface area (Å²) in [5.74, 6) is -0.286. The average Bonchev–Trinajstić information content (AvgIpc) is 2.39. The average molecular weight is 254 g/mol. The smallest absolute Gasteiger partial charge is 0.337 e. The molecule has 0 bridgehead atoms. The predicted molar refractivity (Wildman–Crippen MR) is 70.5 cm³/mol. The number of halogens is 1. The van der Waals surface area contributed by atoms with Gasteiger partial charge in [0.25, 0.3) is 0 Å². The molecule has 0 amide bonds. The van der Waals surface area contributed by atoms with Crippen molar-refractivity contribution in [3.05, 3.63) is 41.5 Å². The summed E-state index contributed by atoms with van der Waals surface area (Å²) in [6.45, 7) is 1.89. The van der Waals surface area contributed by atoms with E-state index in [2.05, 4.69) is 11.4 Å². The van der Waals surface area contributed by atoms with Gasteiger partial charge < -0.3 is 10.1 Å². The zero-order chi connectivity index (χ0) is 11.4. The van der Waals surface area contributed by atoms with Crippen molar-refractivity contribution in [2.75, 3.05) is 20.2 Å². The summed E-state index contributed by atoms with van der Waals surface area (Å²) >= 11 is 0. The van der Waals surface area contributed by atoms with Gasteiger partial charge in [0.05, 0.1) is 12.7 Å². The number of carbonyl (C=O) groups is 1. The third-order valence-electron chi connectivity index (χ3n) is 2.68. The van der Waals surface area contributed by atoms with E-state index in [9.17, 15) is 4.79 Å². The Morgan fingerprint density at radius 1 is 1.41 bits per heavy atom. The second-order valence-electron chi connectivity index (χ2n) is 3.77. The number of carbonyl (C=O) groups excluding carboxylic acids is 1. The van der Waals surface area contributed by atoms with Crippen LogP contribution in [0.4, 0.5) is 0 Å². The number of methoxy groups -OCH3 is 1. The molecule has 0 fully saturated rings. The number of esters is 1. The van der Waals surface area contributed by atoms with Crippen LogP contribution in [0, 0.1) is 0 Å². The third kappa shape index (κ3) is 3.32. The lowest BCUT2D eigenvalue weighted by molar-refractivity contribution is 0.0600. The molecule has 0 saturated carbocycles. The fourth-order valence-corrected chi connectivity index (χ4v) is 1.83. The monoisotopic (exact) mass is 253 g/mol. The minimum atomic E-state index is -0.286. The van der Waals surface area contributed by atoms with E-state index in [0.717, 1.165) is 25.1 Å². The summed E-state index contributed by atoms with van der Waals surface area (Å²) in [6.07, 6.45) is 3.25. The molecule has 1 heterocycles. The lowest BCUT2D eigenvalue weighted by Gasteiger charge is -2.14. The van der Waals surface area contributed by atoms with Gasteiger partial charge in [-0.05, 0) is 36.2 Å². The van der Waals surface area contributed by atoms with E-state index in [1.54, 1.807) is 6.07 Å². The lowest BCUT2D eigenvalue weighted by Crippen LogP contribution is -2.21. The van der Waals surface area contributed by atoms with Crippen LogP contribution in [0.3, 0.4) is 0 Å². The standard InChI is InChI=1S/C13H15NO2.ClH/c1-16-13(15)11-5-2-4-10(8-11)12-6-3-7-14-9-12;/h2,4-6,8,14H,3,7,9H2,1H3;1H. The maximum atomic E-state index is 11.4. The van der Waals surface area contributed by atoms with Gasteiger partial charge in [-0.25, -0.2) is 4.79 Å². The first kappa shape index (κ1) is 13.7. The summed E-state index contributed by atoms with van der Waals surface area (Å²) in [4.78, 5) is 11.4. The topological polar surface area (TPSA) is 38.3 Å². The van der Waals surface area contributed by atoms with Crippen molar-refractivity contribution in [2.45, 2.75) is 6.42 Å². The highest BCUT2D eigenvalue weighted by atomic mass is 35.5. The number of benzene rings is 1. The second-order valence-corrected chi connectivity index (χ2v) is 3.77. The van der Waals surface area contributed by atoms with Crippen molar-refractivity contribution in [1.82, 2.24) is 5.32 Å². The zero-order valence-corrected chi connectivity index (χ0v) is 10.5. The van der Waals surface area contributed by atoms with Crippen molar-refractivity contribution in [2.24, 2.45) is 0 Å². The molecule has 1 aromatic rings. The maximum Gasteiger partial charge on any atom is 0.337 e. The predicted octanol–water partition coefficient (Wildman–Crippen LogP) is 2.27. The Kier molecular flexibility index (Phi) is 5.19. The van der Waals surface area contributed by atoms with Crippen molar-refractivity contribution >= 4 is 23.9 Å². The normalized spacial score (nSPS) is 14.5. The Balaban J connectivity index is 0.00000144. The molecule has 0 aliphatic carbocycles. The lowest BCUT2D eigenvalue weighted by atomic mass is 10.0. The number of ether oxygens (including phenoxy) is 1. The van der Waals surface area contributed by atoms with Crippen LogP contribution in [-0.2, 0) is 4.74 Å². The summed E-state index contributed by atoms with van der Waals surface area (Å²) in [5.41, 5.74) is 2.94. The van der Waals surface area contributed by atoms with Gasteiger partial charge in [0, 0.05) is 6.54 Å². The Morgan fingerprint density at radius 3 is 2.88 bits per heavy atom. The second kappa shape index (κ2) is 6.42. The molecule has 4 heteroatoms. The molecule has 1 N–H and O–H groups in total. The molecule has 2 rings (SSSR count). The molecule has 0 atom stereocenters. The first-order valence-electron chi connectivity index (χ1n) is 5.40. The molecule has 0 aromatic heterocycles. The summed E-state index contributed by atoms with van der Waals surface area (Å²) < 4.78 is 4.70. The Bertz CT molecular complexity index is 429. The van der Waals surface area contributed by atoms with Gasteiger partial charge in [0.1, 0.15) is 0 Å². The first-order valence-corrected chi connectivity index (χ1v) is 5.40. The minimum Gasteiger partial charge on any atom is -0.465 e. The number of hydrogen-bond acceptors (Lipinski definition) is 3. The van der Waals surface area contributed by atoms with E-state index >= 15 is 0 Å². The van der Waals surface area contributed by atoms with Crippen LogP contribution in [-0.4, -0.2) is 26.2 Å². The van der Waals surface area contributed by atoms with Crippen LogP contribution in [0.25, 0.3) is 5.57 Å². The fourth-order valence-electron chi connectivity index (χ4n) is 1.83. The van der Waals surface area contributed by atoms with Crippen molar-refractivity contribution in [3.8, 4) is 0 Å². The van der Waals surface area contributed by atoms with Crippen LogP contribution >= 0.6 is 12.4 Å². The van der Waals surface area contributed by atoms with Gasteiger partial charge in [-0.15, -0.1) is 12.4 Å². The number of rotatable bonds is 2. The van der Waals surface area contributed by atoms with Crippen molar-refractivity contribution < 1.29 is 9.53 Å². The van der Waals surface area contributed by atoms with Crippen molar-refractivity contribution in [1.29, 1.82) is 0 Å². The van der Waals surface area contributed by atoms with Gasteiger partial charge >= 0.3 is 5.97 Å². The molecule has 1 aromatic carbocycles. The molecule has 0 spiro atoms.